The average molecular weight is 331 g/mol. The minimum absolute atomic E-state index is 0.0490. The van der Waals surface area contributed by atoms with Gasteiger partial charge in [-0.2, -0.15) is 10.1 Å². The fourth-order valence-electron chi connectivity index (χ4n) is 2.59. The van der Waals surface area contributed by atoms with Gasteiger partial charge in [0.25, 0.3) is 11.8 Å². The number of nitrogens with zero attached hydrogens (tertiary/aromatic N) is 4. The van der Waals surface area contributed by atoms with Gasteiger partial charge in [0.05, 0.1) is 11.7 Å². The normalized spacial score (nSPS) is 12.0. The summed E-state index contributed by atoms with van der Waals surface area (Å²) in [4.78, 5) is 4.40. The zero-order valence-corrected chi connectivity index (χ0v) is 13.7. The lowest BCUT2D eigenvalue weighted by atomic mass is 10.1. The number of nitrogens with one attached hydrogen (secondary N) is 1. The van der Waals surface area contributed by atoms with E-state index in [0.29, 0.717) is 11.8 Å². The first-order chi connectivity index (χ1) is 12.3. The maximum atomic E-state index is 5.32. The largest absolute Gasteiger partial charge is 0.345 e. The van der Waals surface area contributed by atoms with Crippen molar-refractivity contribution in [1.29, 1.82) is 0 Å². The second kappa shape index (κ2) is 6.60. The van der Waals surface area contributed by atoms with Gasteiger partial charge in [-0.15, -0.1) is 0 Å². The van der Waals surface area contributed by atoms with Crippen LogP contribution < -0.4 is 5.32 Å². The molecule has 2 aromatic carbocycles. The van der Waals surface area contributed by atoms with Crippen LogP contribution in [0.4, 0.5) is 5.95 Å². The van der Waals surface area contributed by atoms with Crippen LogP contribution in [0.5, 0.6) is 0 Å². The molecule has 0 fully saturated rings. The monoisotopic (exact) mass is 331 g/mol. The van der Waals surface area contributed by atoms with Crippen LogP contribution in [0.3, 0.4) is 0 Å². The molecule has 6 nitrogen and oxygen atoms in total. The van der Waals surface area contributed by atoms with E-state index >= 15 is 0 Å². The summed E-state index contributed by atoms with van der Waals surface area (Å²) in [6.07, 6.45) is 3.68. The standard InChI is InChI=1S/C19H17N5O/c1-14(15-8-10-17(11-9-15)24-13-5-12-20-24)21-19-22-18(25-23-19)16-6-3-2-4-7-16/h2-14H,1H3,(H,21,23). The van der Waals surface area contributed by atoms with Crippen molar-refractivity contribution < 1.29 is 4.52 Å². The molecule has 2 heterocycles. The number of benzene rings is 2. The molecule has 1 N–H and O–H groups in total. The van der Waals surface area contributed by atoms with Gasteiger partial charge < -0.3 is 9.84 Å². The summed E-state index contributed by atoms with van der Waals surface area (Å²) < 4.78 is 7.15. The molecule has 0 amide bonds. The molecule has 0 aliphatic heterocycles. The van der Waals surface area contributed by atoms with Crippen LogP contribution in [0.25, 0.3) is 17.1 Å². The third-order valence-corrected chi connectivity index (χ3v) is 3.95. The zero-order chi connectivity index (χ0) is 17.1. The van der Waals surface area contributed by atoms with E-state index in [2.05, 4.69) is 39.6 Å². The van der Waals surface area contributed by atoms with Gasteiger partial charge in [-0.1, -0.05) is 30.3 Å². The third-order valence-electron chi connectivity index (χ3n) is 3.95. The molecule has 4 rings (SSSR count). The lowest BCUT2D eigenvalue weighted by Gasteiger charge is -2.13. The number of aromatic nitrogens is 4. The Balaban J connectivity index is 1.47. The predicted molar refractivity (Wildman–Crippen MR) is 95.3 cm³/mol. The van der Waals surface area contributed by atoms with Gasteiger partial charge >= 0.3 is 0 Å². The SMILES string of the molecule is CC(Nc1noc(-c2ccccc2)n1)c1ccc(-n2cccn2)cc1. The van der Waals surface area contributed by atoms with E-state index in [1.54, 1.807) is 6.20 Å². The zero-order valence-electron chi connectivity index (χ0n) is 13.7. The quantitative estimate of drug-likeness (QED) is 0.596. The van der Waals surface area contributed by atoms with E-state index in [-0.39, 0.29) is 6.04 Å². The van der Waals surface area contributed by atoms with Gasteiger partial charge in [-0.25, -0.2) is 4.68 Å². The first kappa shape index (κ1) is 15.1. The average Bonchev–Trinajstić information content (AvgIpc) is 3.35. The number of hydrogen-bond donors (Lipinski definition) is 1. The Hall–Kier alpha value is -3.41. The van der Waals surface area contributed by atoms with Crippen molar-refractivity contribution in [3.05, 3.63) is 78.6 Å². The maximum Gasteiger partial charge on any atom is 0.264 e. The van der Waals surface area contributed by atoms with Gasteiger partial charge in [0, 0.05) is 18.0 Å². The number of anilines is 1. The van der Waals surface area contributed by atoms with Crippen LogP contribution in [-0.2, 0) is 0 Å². The van der Waals surface area contributed by atoms with Crippen molar-refractivity contribution in [2.24, 2.45) is 0 Å². The highest BCUT2D eigenvalue weighted by Crippen LogP contribution is 2.22. The summed E-state index contributed by atoms with van der Waals surface area (Å²) >= 11 is 0. The van der Waals surface area contributed by atoms with Crippen LogP contribution >= 0.6 is 0 Å². The molecule has 0 aliphatic rings. The Morgan fingerprint density at radius 3 is 2.52 bits per heavy atom. The Bertz CT molecular complexity index is 930. The van der Waals surface area contributed by atoms with Crippen LogP contribution in [0.15, 0.2) is 77.6 Å². The van der Waals surface area contributed by atoms with Crippen molar-refractivity contribution in [1.82, 2.24) is 19.9 Å². The molecule has 1 atom stereocenters. The first-order valence-electron chi connectivity index (χ1n) is 8.05. The second-order valence-electron chi connectivity index (χ2n) is 5.70. The Morgan fingerprint density at radius 2 is 1.80 bits per heavy atom. The second-order valence-corrected chi connectivity index (χ2v) is 5.70. The molecule has 124 valence electrons. The summed E-state index contributed by atoms with van der Waals surface area (Å²) in [6.45, 7) is 2.06. The van der Waals surface area contributed by atoms with E-state index in [4.69, 9.17) is 4.52 Å². The molecule has 6 heteroatoms. The first-order valence-corrected chi connectivity index (χ1v) is 8.05. The summed E-state index contributed by atoms with van der Waals surface area (Å²) in [7, 11) is 0. The lowest BCUT2D eigenvalue weighted by Crippen LogP contribution is -2.08. The van der Waals surface area contributed by atoms with Crippen molar-refractivity contribution in [2.45, 2.75) is 13.0 Å². The molecule has 4 aromatic rings. The fourth-order valence-corrected chi connectivity index (χ4v) is 2.59. The van der Waals surface area contributed by atoms with Gasteiger partial charge in [0.1, 0.15) is 0 Å². The molecule has 0 saturated heterocycles. The Labute approximate surface area is 145 Å². The van der Waals surface area contributed by atoms with Crippen LogP contribution in [0, 0.1) is 0 Å². The van der Waals surface area contributed by atoms with E-state index in [0.717, 1.165) is 16.8 Å². The minimum Gasteiger partial charge on any atom is -0.345 e. The molecule has 0 radical (unpaired) electrons. The predicted octanol–water partition coefficient (Wildman–Crippen LogP) is 4.10. The highest BCUT2D eigenvalue weighted by molar-refractivity contribution is 5.53. The molecule has 0 aliphatic carbocycles. The summed E-state index contributed by atoms with van der Waals surface area (Å²) in [5.74, 6) is 0.979. The van der Waals surface area contributed by atoms with Crippen molar-refractivity contribution in [3.63, 3.8) is 0 Å². The topological polar surface area (TPSA) is 68.8 Å². The highest BCUT2D eigenvalue weighted by Gasteiger charge is 2.12. The van der Waals surface area contributed by atoms with E-state index in [1.165, 1.54) is 0 Å². The van der Waals surface area contributed by atoms with E-state index in [1.807, 2.05) is 59.4 Å². The smallest absolute Gasteiger partial charge is 0.264 e. The van der Waals surface area contributed by atoms with Gasteiger partial charge in [0.2, 0.25) is 0 Å². The number of rotatable bonds is 5. The van der Waals surface area contributed by atoms with Crippen molar-refractivity contribution >= 4 is 5.95 Å². The summed E-state index contributed by atoms with van der Waals surface area (Å²) in [6, 6.07) is 19.9. The Kier molecular flexibility index (Phi) is 4.00. The van der Waals surface area contributed by atoms with Crippen LogP contribution in [-0.4, -0.2) is 19.9 Å². The Morgan fingerprint density at radius 1 is 1.00 bits per heavy atom. The van der Waals surface area contributed by atoms with Gasteiger partial charge in [0.15, 0.2) is 0 Å². The summed E-state index contributed by atoms with van der Waals surface area (Å²) in [5, 5.41) is 11.5. The van der Waals surface area contributed by atoms with Crippen LogP contribution in [0.1, 0.15) is 18.5 Å². The molecule has 2 aromatic heterocycles. The minimum atomic E-state index is 0.0490. The molecular weight excluding hydrogens is 314 g/mol. The molecule has 1 unspecified atom stereocenters. The molecular formula is C19H17N5O. The van der Waals surface area contributed by atoms with Gasteiger partial charge in [-0.05, 0) is 48.0 Å². The lowest BCUT2D eigenvalue weighted by molar-refractivity contribution is 0.431. The summed E-state index contributed by atoms with van der Waals surface area (Å²) in [5.41, 5.74) is 3.05. The number of hydrogen-bond acceptors (Lipinski definition) is 5. The van der Waals surface area contributed by atoms with E-state index < -0.39 is 0 Å². The molecule has 0 spiro atoms. The molecule has 0 saturated carbocycles. The molecule has 25 heavy (non-hydrogen) atoms. The van der Waals surface area contributed by atoms with Crippen molar-refractivity contribution in [2.75, 3.05) is 5.32 Å². The maximum absolute atomic E-state index is 5.32. The van der Waals surface area contributed by atoms with E-state index in [9.17, 15) is 0 Å². The molecule has 0 bridgehead atoms. The van der Waals surface area contributed by atoms with Gasteiger partial charge in [-0.3, -0.25) is 0 Å². The third kappa shape index (κ3) is 3.28. The van der Waals surface area contributed by atoms with Crippen molar-refractivity contribution in [3.8, 4) is 17.1 Å². The highest BCUT2D eigenvalue weighted by atomic mass is 16.5. The fraction of sp³-hybridized carbons (Fsp3) is 0.105. The van der Waals surface area contributed by atoms with Crippen LogP contribution in [0.2, 0.25) is 0 Å².